The molecule has 0 spiro atoms. The molecule has 1 aliphatic carbocycles. The number of amides is 1. The van der Waals surface area contributed by atoms with E-state index in [2.05, 4.69) is 11.4 Å². The lowest BCUT2D eigenvalue weighted by Gasteiger charge is -2.31. The quantitative estimate of drug-likeness (QED) is 0.631. The minimum atomic E-state index is -4.88. The first-order valence-electron chi connectivity index (χ1n) is 7.87. The SMILES string of the molecule is N#CC1(NC(=O)COc2ccc([N+](=O)[O-])cc2C(F)(F)F)CCCCC1. The van der Waals surface area contributed by atoms with Gasteiger partial charge in [0.15, 0.2) is 6.61 Å². The predicted octanol–water partition coefficient (Wildman–Crippen LogP) is 3.34. The number of hydrogen-bond acceptors (Lipinski definition) is 5. The summed E-state index contributed by atoms with van der Waals surface area (Å²) in [6, 6.07) is 4.07. The fourth-order valence-corrected chi connectivity index (χ4v) is 2.85. The molecule has 140 valence electrons. The van der Waals surface area contributed by atoms with Crippen molar-refractivity contribution in [3.8, 4) is 11.8 Å². The van der Waals surface area contributed by atoms with Crippen LogP contribution < -0.4 is 10.1 Å². The maximum absolute atomic E-state index is 13.1. The van der Waals surface area contributed by atoms with Crippen molar-refractivity contribution in [2.45, 2.75) is 43.8 Å². The highest BCUT2D eigenvalue weighted by atomic mass is 19.4. The zero-order chi connectivity index (χ0) is 19.4. The van der Waals surface area contributed by atoms with E-state index in [-0.39, 0.29) is 0 Å². The molecule has 0 aromatic heterocycles. The Labute approximate surface area is 146 Å². The lowest BCUT2D eigenvalue weighted by Crippen LogP contribution is -2.50. The summed E-state index contributed by atoms with van der Waals surface area (Å²) in [5.74, 6) is -1.41. The summed E-state index contributed by atoms with van der Waals surface area (Å²) in [7, 11) is 0. The van der Waals surface area contributed by atoms with Crippen molar-refractivity contribution in [1.29, 1.82) is 5.26 Å². The number of nitro groups is 1. The number of non-ortho nitro benzene ring substituents is 1. The largest absolute Gasteiger partial charge is 0.483 e. The maximum Gasteiger partial charge on any atom is 0.420 e. The topological polar surface area (TPSA) is 105 Å². The number of halogens is 3. The fraction of sp³-hybridized carbons (Fsp3) is 0.500. The van der Waals surface area contributed by atoms with Gasteiger partial charge in [0.1, 0.15) is 16.9 Å². The molecule has 0 radical (unpaired) electrons. The number of nitriles is 1. The van der Waals surface area contributed by atoms with Crippen molar-refractivity contribution in [2.75, 3.05) is 6.61 Å². The van der Waals surface area contributed by atoms with Crippen LogP contribution in [0.2, 0.25) is 0 Å². The Bertz CT molecular complexity index is 737. The molecule has 0 bridgehead atoms. The summed E-state index contributed by atoms with van der Waals surface area (Å²) in [6.45, 7) is -0.732. The molecule has 1 aromatic carbocycles. The summed E-state index contributed by atoms with van der Waals surface area (Å²) in [4.78, 5) is 21.7. The molecule has 10 heteroatoms. The average Bonchev–Trinajstić information content (AvgIpc) is 2.59. The van der Waals surface area contributed by atoms with Crippen molar-refractivity contribution >= 4 is 11.6 Å². The Morgan fingerprint density at radius 1 is 1.35 bits per heavy atom. The Morgan fingerprint density at radius 3 is 2.54 bits per heavy atom. The van der Waals surface area contributed by atoms with E-state index in [1.807, 2.05) is 0 Å². The van der Waals surface area contributed by atoms with Crippen molar-refractivity contribution < 1.29 is 27.6 Å². The highest BCUT2D eigenvalue weighted by molar-refractivity contribution is 5.79. The van der Waals surface area contributed by atoms with Crippen LogP contribution in [0.25, 0.3) is 0 Å². The van der Waals surface area contributed by atoms with Crippen molar-refractivity contribution in [1.82, 2.24) is 5.32 Å². The first kappa shape index (κ1) is 19.5. The molecule has 0 aliphatic heterocycles. The summed E-state index contributed by atoms with van der Waals surface area (Å²) in [5.41, 5.74) is -3.10. The first-order chi connectivity index (χ1) is 12.2. The number of rotatable bonds is 5. The van der Waals surface area contributed by atoms with E-state index in [1.165, 1.54) is 0 Å². The molecule has 0 unspecified atom stereocenters. The third kappa shape index (κ3) is 4.62. The molecule has 1 fully saturated rings. The van der Waals surface area contributed by atoms with E-state index in [0.29, 0.717) is 18.9 Å². The van der Waals surface area contributed by atoms with E-state index in [9.17, 15) is 33.3 Å². The van der Waals surface area contributed by atoms with Gasteiger partial charge in [0.2, 0.25) is 0 Å². The Kier molecular flexibility index (Phi) is 5.69. The van der Waals surface area contributed by atoms with Gasteiger partial charge >= 0.3 is 6.18 Å². The molecular weight excluding hydrogens is 355 g/mol. The molecule has 0 atom stereocenters. The number of carbonyl (C=O) groups is 1. The molecule has 2 rings (SSSR count). The highest BCUT2D eigenvalue weighted by Crippen LogP contribution is 2.38. The van der Waals surface area contributed by atoms with Crippen LogP contribution in [-0.2, 0) is 11.0 Å². The van der Waals surface area contributed by atoms with Crippen LogP contribution in [0.4, 0.5) is 18.9 Å². The summed E-state index contributed by atoms with van der Waals surface area (Å²) >= 11 is 0. The lowest BCUT2D eigenvalue weighted by atomic mass is 9.83. The maximum atomic E-state index is 13.1. The Hall–Kier alpha value is -2.83. The van der Waals surface area contributed by atoms with Crippen LogP contribution >= 0.6 is 0 Å². The van der Waals surface area contributed by atoms with Crippen molar-refractivity contribution in [2.24, 2.45) is 0 Å². The van der Waals surface area contributed by atoms with Gasteiger partial charge in [-0.05, 0) is 18.9 Å². The molecule has 1 N–H and O–H groups in total. The molecular formula is C16H16F3N3O4. The number of nitrogens with one attached hydrogen (secondary N) is 1. The van der Waals surface area contributed by atoms with Crippen LogP contribution in [0.3, 0.4) is 0 Å². The predicted molar refractivity (Wildman–Crippen MR) is 83.2 cm³/mol. The molecule has 1 amide bonds. The average molecular weight is 371 g/mol. The second-order valence-corrected chi connectivity index (χ2v) is 6.03. The van der Waals surface area contributed by atoms with Gasteiger partial charge in [-0.2, -0.15) is 18.4 Å². The van der Waals surface area contributed by atoms with Crippen molar-refractivity contribution in [3.05, 3.63) is 33.9 Å². The van der Waals surface area contributed by atoms with Crippen LogP contribution in [0, 0.1) is 21.4 Å². The van der Waals surface area contributed by atoms with Gasteiger partial charge < -0.3 is 10.1 Å². The smallest absolute Gasteiger partial charge is 0.420 e. The van der Waals surface area contributed by atoms with Gasteiger partial charge in [-0.25, -0.2) is 0 Å². The molecule has 0 saturated heterocycles. The molecule has 1 aliphatic rings. The van der Waals surface area contributed by atoms with Crippen LogP contribution in [0.15, 0.2) is 18.2 Å². The third-order valence-corrected chi connectivity index (χ3v) is 4.14. The second-order valence-electron chi connectivity index (χ2n) is 6.03. The zero-order valence-electron chi connectivity index (χ0n) is 13.6. The molecule has 0 heterocycles. The van der Waals surface area contributed by atoms with Gasteiger partial charge in [0.25, 0.3) is 11.6 Å². The minimum absolute atomic E-state index is 0.352. The third-order valence-electron chi connectivity index (χ3n) is 4.14. The van der Waals surface area contributed by atoms with E-state index in [1.54, 1.807) is 0 Å². The number of carbonyl (C=O) groups excluding carboxylic acids is 1. The zero-order valence-corrected chi connectivity index (χ0v) is 13.6. The molecule has 1 aromatic rings. The number of ether oxygens (including phenoxy) is 1. The number of nitrogens with zero attached hydrogens (tertiary/aromatic N) is 2. The van der Waals surface area contributed by atoms with Gasteiger partial charge in [-0.1, -0.05) is 19.3 Å². The number of nitro benzene ring substituents is 1. The van der Waals surface area contributed by atoms with Crippen LogP contribution in [-0.4, -0.2) is 23.0 Å². The first-order valence-corrected chi connectivity index (χ1v) is 7.87. The summed E-state index contributed by atoms with van der Waals surface area (Å²) in [6.07, 6.45) is -1.44. The monoisotopic (exact) mass is 371 g/mol. The van der Waals surface area contributed by atoms with Crippen molar-refractivity contribution in [3.63, 3.8) is 0 Å². The molecule has 26 heavy (non-hydrogen) atoms. The van der Waals surface area contributed by atoms with E-state index >= 15 is 0 Å². The number of hydrogen-bond donors (Lipinski definition) is 1. The molecule has 7 nitrogen and oxygen atoms in total. The Morgan fingerprint density at radius 2 is 2.00 bits per heavy atom. The molecule has 1 saturated carbocycles. The number of alkyl halides is 3. The summed E-state index contributed by atoms with van der Waals surface area (Å²) in [5, 5.41) is 22.5. The van der Waals surface area contributed by atoms with E-state index < -0.39 is 46.2 Å². The Balaban J connectivity index is 2.10. The number of benzene rings is 1. The van der Waals surface area contributed by atoms with E-state index in [4.69, 9.17) is 4.74 Å². The van der Waals surface area contributed by atoms with E-state index in [0.717, 1.165) is 31.4 Å². The fourth-order valence-electron chi connectivity index (χ4n) is 2.85. The van der Waals surface area contributed by atoms with Gasteiger partial charge in [-0.3, -0.25) is 14.9 Å². The highest BCUT2D eigenvalue weighted by Gasteiger charge is 2.37. The van der Waals surface area contributed by atoms with Gasteiger partial charge in [0.05, 0.1) is 11.0 Å². The van der Waals surface area contributed by atoms with Crippen LogP contribution in [0.1, 0.15) is 37.7 Å². The second kappa shape index (κ2) is 7.59. The van der Waals surface area contributed by atoms with Gasteiger partial charge in [-0.15, -0.1) is 0 Å². The summed E-state index contributed by atoms with van der Waals surface area (Å²) < 4.78 is 44.1. The van der Waals surface area contributed by atoms with Crippen LogP contribution in [0.5, 0.6) is 5.75 Å². The lowest BCUT2D eigenvalue weighted by molar-refractivity contribution is -0.385. The van der Waals surface area contributed by atoms with Gasteiger partial charge in [0, 0.05) is 12.1 Å². The normalized spacial score (nSPS) is 16.4. The minimum Gasteiger partial charge on any atom is -0.483 e. The standard InChI is InChI=1S/C16H16F3N3O4/c17-16(18,19)12-8-11(22(24)25)4-5-13(12)26-9-14(23)21-15(10-20)6-2-1-3-7-15/h4-5,8H,1-3,6-7,9H2,(H,21,23).